The van der Waals surface area contributed by atoms with E-state index in [4.69, 9.17) is 5.11 Å². The van der Waals surface area contributed by atoms with Gasteiger partial charge in [0.2, 0.25) is 0 Å². The highest BCUT2D eigenvalue weighted by molar-refractivity contribution is 9.10. The summed E-state index contributed by atoms with van der Waals surface area (Å²) >= 11 is 3.22. The molecule has 1 rings (SSSR count). The number of hydrogen-bond donors (Lipinski definition) is 1. The summed E-state index contributed by atoms with van der Waals surface area (Å²) in [5.41, 5.74) is 0.971. The summed E-state index contributed by atoms with van der Waals surface area (Å²) in [7, 11) is 0. The van der Waals surface area contributed by atoms with Crippen molar-refractivity contribution >= 4 is 34.3 Å². The van der Waals surface area contributed by atoms with E-state index in [1.54, 1.807) is 24.3 Å². The van der Waals surface area contributed by atoms with Crippen LogP contribution < -0.4 is 0 Å². The van der Waals surface area contributed by atoms with E-state index in [0.29, 0.717) is 10.9 Å². The van der Waals surface area contributed by atoms with Crippen molar-refractivity contribution in [2.24, 2.45) is 0 Å². The van der Waals surface area contributed by atoms with E-state index in [9.17, 15) is 9.59 Å². The SMILES string of the molecule is O=CCC=Cc1cc(Br)cc(C(=O)O)c1. The second-order valence-corrected chi connectivity index (χ2v) is 3.80. The molecule has 3 nitrogen and oxygen atoms in total. The van der Waals surface area contributed by atoms with Crippen LogP contribution in [0.25, 0.3) is 6.08 Å². The standard InChI is InChI=1S/C11H9BrO3/c12-10-6-8(3-1-2-4-13)5-9(7-10)11(14)15/h1,3-7H,2H2,(H,14,15). The van der Waals surface area contributed by atoms with E-state index in [1.165, 1.54) is 6.07 Å². The van der Waals surface area contributed by atoms with Crippen LogP contribution in [-0.4, -0.2) is 17.4 Å². The van der Waals surface area contributed by atoms with Crippen molar-refractivity contribution in [1.82, 2.24) is 0 Å². The lowest BCUT2D eigenvalue weighted by atomic mass is 10.1. The van der Waals surface area contributed by atoms with E-state index in [-0.39, 0.29) is 5.56 Å². The number of aldehydes is 1. The van der Waals surface area contributed by atoms with Crippen LogP contribution in [0.2, 0.25) is 0 Å². The van der Waals surface area contributed by atoms with Crippen LogP contribution in [0.4, 0.5) is 0 Å². The first-order valence-electron chi connectivity index (χ1n) is 4.27. The number of carbonyl (C=O) groups excluding carboxylic acids is 1. The summed E-state index contributed by atoms with van der Waals surface area (Å²) in [5, 5.41) is 8.80. The first kappa shape index (κ1) is 11.7. The average molecular weight is 269 g/mol. The largest absolute Gasteiger partial charge is 0.478 e. The van der Waals surface area contributed by atoms with Crippen LogP contribution in [0.15, 0.2) is 28.7 Å². The number of hydrogen-bond acceptors (Lipinski definition) is 2. The van der Waals surface area contributed by atoms with Crippen LogP contribution in [0.3, 0.4) is 0 Å². The van der Waals surface area contributed by atoms with Gasteiger partial charge in [-0.2, -0.15) is 0 Å². The number of allylic oxidation sites excluding steroid dienone is 1. The number of carboxylic acids is 1. The smallest absolute Gasteiger partial charge is 0.335 e. The Labute approximate surface area is 95.6 Å². The lowest BCUT2D eigenvalue weighted by Crippen LogP contribution is -1.96. The second kappa shape index (κ2) is 5.46. The molecule has 0 aromatic heterocycles. The van der Waals surface area contributed by atoms with Gasteiger partial charge in [-0.05, 0) is 23.8 Å². The lowest BCUT2D eigenvalue weighted by Gasteiger charge is -1.99. The van der Waals surface area contributed by atoms with Crippen molar-refractivity contribution in [3.8, 4) is 0 Å². The summed E-state index contributed by atoms with van der Waals surface area (Å²) in [6.07, 6.45) is 4.51. The molecule has 0 spiro atoms. The Kier molecular flexibility index (Phi) is 4.24. The molecule has 0 aliphatic carbocycles. The Bertz CT molecular complexity index is 410. The fourth-order valence-electron chi connectivity index (χ4n) is 1.09. The van der Waals surface area contributed by atoms with Gasteiger partial charge in [0, 0.05) is 10.9 Å². The lowest BCUT2D eigenvalue weighted by molar-refractivity contribution is -0.107. The normalized spacial score (nSPS) is 10.5. The van der Waals surface area contributed by atoms with Crippen molar-refractivity contribution < 1.29 is 14.7 Å². The Hall–Kier alpha value is -1.42. The molecular formula is C11H9BrO3. The summed E-state index contributed by atoms with van der Waals surface area (Å²) in [6.45, 7) is 0. The number of carboxylic acid groups (broad SMARTS) is 1. The molecule has 1 aromatic carbocycles. The summed E-state index contributed by atoms with van der Waals surface area (Å²) < 4.78 is 0.702. The number of benzene rings is 1. The predicted octanol–water partition coefficient (Wildman–Crippen LogP) is 2.75. The minimum Gasteiger partial charge on any atom is -0.478 e. The third-order valence-corrected chi connectivity index (χ3v) is 2.17. The molecule has 0 atom stereocenters. The van der Waals surface area contributed by atoms with Gasteiger partial charge in [0.15, 0.2) is 0 Å². The second-order valence-electron chi connectivity index (χ2n) is 2.88. The van der Waals surface area contributed by atoms with Gasteiger partial charge in [-0.25, -0.2) is 4.79 Å². The zero-order valence-corrected chi connectivity index (χ0v) is 9.40. The number of rotatable bonds is 4. The van der Waals surface area contributed by atoms with Crippen LogP contribution in [0, 0.1) is 0 Å². The highest BCUT2D eigenvalue weighted by atomic mass is 79.9. The Morgan fingerprint density at radius 2 is 2.13 bits per heavy atom. The van der Waals surface area contributed by atoms with Crippen molar-refractivity contribution in [3.05, 3.63) is 39.9 Å². The molecule has 0 unspecified atom stereocenters. The molecule has 0 bridgehead atoms. The molecule has 0 aliphatic rings. The number of halogens is 1. The maximum atomic E-state index is 10.7. The fraction of sp³-hybridized carbons (Fsp3) is 0.0909. The topological polar surface area (TPSA) is 54.4 Å². The highest BCUT2D eigenvalue weighted by Crippen LogP contribution is 2.17. The molecule has 1 aromatic rings. The molecule has 78 valence electrons. The zero-order chi connectivity index (χ0) is 11.3. The summed E-state index contributed by atoms with van der Waals surface area (Å²) in [6, 6.07) is 4.86. The van der Waals surface area contributed by atoms with E-state index in [2.05, 4.69) is 15.9 Å². The van der Waals surface area contributed by atoms with Crippen LogP contribution >= 0.6 is 15.9 Å². The quantitative estimate of drug-likeness (QED) is 0.855. The van der Waals surface area contributed by atoms with Gasteiger partial charge in [-0.15, -0.1) is 0 Å². The molecule has 0 fully saturated rings. The first-order valence-corrected chi connectivity index (χ1v) is 5.07. The van der Waals surface area contributed by atoms with Gasteiger partial charge in [0.25, 0.3) is 0 Å². The van der Waals surface area contributed by atoms with Crippen LogP contribution in [0.5, 0.6) is 0 Å². The molecule has 1 N–H and O–H groups in total. The molecule has 0 radical (unpaired) electrons. The molecule has 0 saturated heterocycles. The van der Waals surface area contributed by atoms with Crippen LogP contribution in [0.1, 0.15) is 22.3 Å². The maximum absolute atomic E-state index is 10.7. The highest BCUT2D eigenvalue weighted by Gasteiger charge is 2.04. The zero-order valence-electron chi connectivity index (χ0n) is 7.81. The predicted molar refractivity (Wildman–Crippen MR) is 60.8 cm³/mol. The first-order chi connectivity index (χ1) is 7.13. The third-order valence-electron chi connectivity index (χ3n) is 1.71. The van der Waals surface area contributed by atoms with Gasteiger partial charge < -0.3 is 9.90 Å². The van der Waals surface area contributed by atoms with Gasteiger partial charge >= 0.3 is 5.97 Å². The van der Waals surface area contributed by atoms with Crippen molar-refractivity contribution in [1.29, 1.82) is 0 Å². The molecule has 0 amide bonds. The van der Waals surface area contributed by atoms with E-state index >= 15 is 0 Å². The number of aromatic carboxylic acids is 1. The molecular weight excluding hydrogens is 260 g/mol. The Balaban J connectivity index is 2.98. The van der Waals surface area contributed by atoms with Gasteiger partial charge in [-0.1, -0.05) is 28.1 Å². The van der Waals surface area contributed by atoms with Crippen molar-refractivity contribution in [3.63, 3.8) is 0 Å². The van der Waals surface area contributed by atoms with Gasteiger partial charge in [-0.3, -0.25) is 0 Å². The Morgan fingerprint density at radius 3 is 2.73 bits per heavy atom. The third kappa shape index (κ3) is 3.67. The minimum absolute atomic E-state index is 0.218. The van der Waals surface area contributed by atoms with Crippen molar-refractivity contribution in [2.75, 3.05) is 0 Å². The molecule has 4 heteroatoms. The molecule has 0 heterocycles. The van der Waals surface area contributed by atoms with E-state index in [1.807, 2.05) is 0 Å². The molecule has 0 aliphatic heterocycles. The Morgan fingerprint density at radius 1 is 1.40 bits per heavy atom. The van der Waals surface area contributed by atoms with Gasteiger partial charge in [0.05, 0.1) is 5.56 Å². The minimum atomic E-state index is -0.971. The number of carbonyl (C=O) groups is 2. The van der Waals surface area contributed by atoms with Crippen molar-refractivity contribution in [2.45, 2.75) is 6.42 Å². The average Bonchev–Trinajstić information content (AvgIpc) is 2.17. The van der Waals surface area contributed by atoms with Gasteiger partial charge in [0.1, 0.15) is 6.29 Å². The molecule has 15 heavy (non-hydrogen) atoms. The van der Waals surface area contributed by atoms with E-state index in [0.717, 1.165) is 11.8 Å². The summed E-state index contributed by atoms with van der Waals surface area (Å²) in [5.74, 6) is -0.971. The fourth-order valence-corrected chi connectivity index (χ4v) is 1.60. The summed E-state index contributed by atoms with van der Waals surface area (Å²) in [4.78, 5) is 20.8. The van der Waals surface area contributed by atoms with E-state index < -0.39 is 5.97 Å². The maximum Gasteiger partial charge on any atom is 0.335 e. The molecule has 0 saturated carbocycles. The monoisotopic (exact) mass is 268 g/mol. The van der Waals surface area contributed by atoms with Crippen LogP contribution in [-0.2, 0) is 4.79 Å².